The van der Waals surface area contributed by atoms with Crippen molar-refractivity contribution in [1.82, 2.24) is 10.0 Å². The average molecular weight is 312 g/mol. The highest BCUT2D eigenvalue weighted by Crippen LogP contribution is 2.18. The van der Waals surface area contributed by atoms with E-state index < -0.39 is 22.0 Å². The molecule has 3 N–H and O–H groups in total. The lowest BCUT2D eigenvalue weighted by molar-refractivity contribution is -0.121. The Bertz CT molecular complexity index is 574. The molecule has 1 aliphatic rings. The number of benzene rings is 1. The Morgan fingerprint density at radius 2 is 1.86 bits per heavy atom. The van der Waals surface area contributed by atoms with Crippen LogP contribution in [-0.2, 0) is 14.8 Å². The third-order valence-electron chi connectivity index (χ3n) is 3.55. The SMILES string of the molecule is O=C(CNS(=O)(=O)c1ccccc1)NC1CCCCC1O. The van der Waals surface area contributed by atoms with Gasteiger partial charge in [0.25, 0.3) is 0 Å². The molecular formula is C14H20N2O4S. The van der Waals surface area contributed by atoms with E-state index in [4.69, 9.17) is 0 Å². The van der Waals surface area contributed by atoms with Crippen LogP contribution >= 0.6 is 0 Å². The molecule has 2 rings (SSSR count). The summed E-state index contributed by atoms with van der Waals surface area (Å²) in [6.07, 6.45) is 2.75. The average Bonchev–Trinajstić information content (AvgIpc) is 2.49. The molecule has 21 heavy (non-hydrogen) atoms. The second kappa shape index (κ2) is 7.02. The second-order valence-corrected chi connectivity index (χ2v) is 6.93. The van der Waals surface area contributed by atoms with Crippen LogP contribution in [0.4, 0.5) is 0 Å². The molecule has 1 aromatic carbocycles. The summed E-state index contributed by atoms with van der Waals surface area (Å²) in [4.78, 5) is 11.9. The van der Waals surface area contributed by atoms with Crippen LogP contribution in [-0.4, -0.2) is 38.1 Å². The van der Waals surface area contributed by atoms with Gasteiger partial charge in [0, 0.05) is 0 Å². The zero-order valence-electron chi connectivity index (χ0n) is 11.7. The van der Waals surface area contributed by atoms with Crippen LogP contribution in [0.1, 0.15) is 25.7 Å². The minimum absolute atomic E-state index is 0.121. The summed E-state index contributed by atoms with van der Waals surface area (Å²) in [5, 5.41) is 12.4. The van der Waals surface area contributed by atoms with Crippen molar-refractivity contribution in [3.8, 4) is 0 Å². The number of sulfonamides is 1. The number of hydrogen-bond acceptors (Lipinski definition) is 4. The summed E-state index contributed by atoms with van der Waals surface area (Å²) in [5.41, 5.74) is 0. The fourth-order valence-electron chi connectivity index (χ4n) is 2.38. The van der Waals surface area contributed by atoms with Crippen LogP contribution in [0.5, 0.6) is 0 Å². The van der Waals surface area contributed by atoms with E-state index in [0.29, 0.717) is 6.42 Å². The van der Waals surface area contributed by atoms with Crippen molar-refractivity contribution in [2.45, 2.75) is 42.7 Å². The molecule has 1 saturated carbocycles. The lowest BCUT2D eigenvalue weighted by atomic mass is 9.92. The normalized spacial score (nSPS) is 22.7. The fourth-order valence-corrected chi connectivity index (χ4v) is 3.38. The molecule has 7 heteroatoms. The van der Waals surface area contributed by atoms with Gasteiger partial charge in [-0.05, 0) is 25.0 Å². The van der Waals surface area contributed by atoms with Crippen molar-refractivity contribution in [3.05, 3.63) is 30.3 Å². The number of carbonyl (C=O) groups is 1. The molecule has 0 spiro atoms. The van der Waals surface area contributed by atoms with Gasteiger partial charge in [-0.1, -0.05) is 31.0 Å². The van der Waals surface area contributed by atoms with Crippen molar-refractivity contribution in [1.29, 1.82) is 0 Å². The third-order valence-corrected chi connectivity index (χ3v) is 4.97. The monoisotopic (exact) mass is 312 g/mol. The Morgan fingerprint density at radius 1 is 1.19 bits per heavy atom. The van der Waals surface area contributed by atoms with E-state index in [0.717, 1.165) is 19.3 Å². The molecule has 1 amide bonds. The first kappa shape index (κ1) is 15.9. The van der Waals surface area contributed by atoms with Crippen molar-refractivity contribution in [2.24, 2.45) is 0 Å². The molecule has 0 saturated heterocycles. The maximum Gasteiger partial charge on any atom is 0.241 e. The number of rotatable bonds is 5. The molecule has 6 nitrogen and oxygen atoms in total. The number of amides is 1. The highest BCUT2D eigenvalue weighted by atomic mass is 32.2. The van der Waals surface area contributed by atoms with Crippen LogP contribution in [0.3, 0.4) is 0 Å². The summed E-state index contributed by atoms with van der Waals surface area (Å²) in [6, 6.07) is 7.60. The molecular weight excluding hydrogens is 292 g/mol. The van der Waals surface area contributed by atoms with E-state index in [9.17, 15) is 18.3 Å². The first-order valence-electron chi connectivity index (χ1n) is 7.01. The topological polar surface area (TPSA) is 95.5 Å². The van der Waals surface area contributed by atoms with Crippen molar-refractivity contribution >= 4 is 15.9 Å². The number of hydrogen-bond donors (Lipinski definition) is 3. The highest BCUT2D eigenvalue weighted by molar-refractivity contribution is 7.89. The first-order valence-corrected chi connectivity index (χ1v) is 8.49. The van der Waals surface area contributed by atoms with E-state index >= 15 is 0 Å². The molecule has 0 aliphatic heterocycles. The van der Waals surface area contributed by atoms with Crippen LogP contribution in [0.25, 0.3) is 0 Å². The van der Waals surface area contributed by atoms with Gasteiger partial charge in [-0.2, -0.15) is 0 Å². The Hall–Kier alpha value is -1.44. The van der Waals surface area contributed by atoms with Gasteiger partial charge in [-0.15, -0.1) is 0 Å². The smallest absolute Gasteiger partial charge is 0.241 e. The number of carbonyl (C=O) groups excluding carboxylic acids is 1. The zero-order chi connectivity index (χ0) is 15.3. The molecule has 0 radical (unpaired) electrons. The summed E-state index contributed by atoms with van der Waals surface area (Å²) in [7, 11) is -3.68. The number of aliphatic hydroxyl groups excluding tert-OH is 1. The molecule has 2 unspecified atom stereocenters. The summed E-state index contributed by atoms with van der Waals surface area (Å²) < 4.78 is 26.2. The van der Waals surface area contributed by atoms with Crippen LogP contribution in [0, 0.1) is 0 Å². The van der Waals surface area contributed by atoms with Gasteiger partial charge in [-0.3, -0.25) is 4.79 Å². The van der Waals surface area contributed by atoms with Gasteiger partial charge in [0.05, 0.1) is 23.6 Å². The van der Waals surface area contributed by atoms with E-state index in [1.54, 1.807) is 18.2 Å². The fraction of sp³-hybridized carbons (Fsp3) is 0.500. The van der Waals surface area contributed by atoms with Crippen molar-refractivity contribution < 1.29 is 18.3 Å². The van der Waals surface area contributed by atoms with E-state index in [1.165, 1.54) is 12.1 Å². The van der Waals surface area contributed by atoms with E-state index in [2.05, 4.69) is 10.0 Å². The quantitative estimate of drug-likeness (QED) is 0.732. The molecule has 1 aliphatic carbocycles. The van der Waals surface area contributed by atoms with Crippen LogP contribution in [0.15, 0.2) is 35.2 Å². The lowest BCUT2D eigenvalue weighted by Gasteiger charge is -2.28. The van der Waals surface area contributed by atoms with Crippen molar-refractivity contribution in [3.63, 3.8) is 0 Å². The second-order valence-electron chi connectivity index (χ2n) is 5.16. The molecule has 1 aromatic rings. The van der Waals surface area contributed by atoms with Crippen molar-refractivity contribution in [2.75, 3.05) is 6.54 Å². The molecule has 1 fully saturated rings. The zero-order valence-corrected chi connectivity index (χ0v) is 12.5. The first-order chi connectivity index (χ1) is 9.99. The van der Waals surface area contributed by atoms with Crippen LogP contribution in [0.2, 0.25) is 0 Å². The molecule has 2 atom stereocenters. The maximum absolute atomic E-state index is 12.0. The predicted molar refractivity (Wildman–Crippen MR) is 78.0 cm³/mol. The standard InChI is InChI=1S/C14H20N2O4S/c17-13-9-5-4-8-12(13)16-14(18)10-15-21(19,20)11-6-2-1-3-7-11/h1-3,6-7,12-13,15,17H,4-5,8-10H2,(H,16,18). The molecule has 116 valence electrons. The van der Waals surface area contributed by atoms with Crippen LogP contribution < -0.4 is 10.0 Å². The van der Waals surface area contributed by atoms with E-state index in [1.807, 2.05) is 0 Å². The Labute approximate surface area is 124 Å². The van der Waals surface area contributed by atoms with E-state index in [-0.39, 0.29) is 17.5 Å². The van der Waals surface area contributed by atoms with Gasteiger partial charge >= 0.3 is 0 Å². The number of nitrogens with one attached hydrogen (secondary N) is 2. The summed E-state index contributed by atoms with van der Waals surface area (Å²) >= 11 is 0. The summed E-state index contributed by atoms with van der Waals surface area (Å²) in [6.45, 7) is -0.333. The van der Waals surface area contributed by atoms with Gasteiger partial charge < -0.3 is 10.4 Å². The Morgan fingerprint density at radius 3 is 2.52 bits per heavy atom. The third kappa shape index (κ3) is 4.52. The molecule has 0 heterocycles. The molecule has 0 bridgehead atoms. The largest absolute Gasteiger partial charge is 0.391 e. The maximum atomic E-state index is 12.0. The van der Waals surface area contributed by atoms with Gasteiger partial charge in [0.1, 0.15) is 0 Å². The summed E-state index contributed by atoms with van der Waals surface area (Å²) in [5.74, 6) is -0.430. The van der Waals surface area contributed by atoms with Gasteiger partial charge in [-0.25, -0.2) is 13.1 Å². The minimum Gasteiger partial charge on any atom is -0.391 e. The predicted octanol–water partition coefficient (Wildman–Crippen LogP) is 0.385. The Kier molecular flexibility index (Phi) is 5.33. The minimum atomic E-state index is -3.68. The molecule has 0 aromatic heterocycles. The number of aliphatic hydroxyl groups is 1. The van der Waals surface area contributed by atoms with Gasteiger partial charge in [0.15, 0.2) is 0 Å². The highest BCUT2D eigenvalue weighted by Gasteiger charge is 2.25. The Balaban J connectivity index is 1.86. The van der Waals surface area contributed by atoms with Gasteiger partial charge in [0.2, 0.25) is 15.9 Å². The lowest BCUT2D eigenvalue weighted by Crippen LogP contribution is -2.48.